The zero-order valence-electron chi connectivity index (χ0n) is 10.7. The van der Waals surface area contributed by atoms with Crippen molar-refractivity contribution in [3.8, 4) is 0 Å². The summed E-state index contributed by atoms with van der Waals surface area (Å²) in [5.41, 5.74) is 5.07. The highest BCUT2D eigenvalue weighted by molar-refractivity contribution is 9.10. The number of hydrazone groups is 1. The van der Waals surface area contributed by atoms with Crippen molar-refractivity contribution in [2.75, 3.05) is 0 Å². The van der Waals surface area contributed by atoms with Crippen molar-refractivity contribution < 1.29 is 4.79 Å². The van der Waals surface area contributed by atoms with Crippen molar-refractivity contribution >= 4 is 44.0 Å². The Labute approximate surface area is 134 Å². The van der Waals surface area contributed by atoms with E-state index >= 15 is 0 Å². The molecule has 0 aromatic heterocycles. The van der Waals surface area contributed by atoms with Gasteiger partial charge in [0.15, 0.2) is 0 Å². The SMILES string of the molecule is Cc1ccc(C(=O)NN=Cc2ccc(Br)cc2)cc1Br. The lowest BCUT2D eigenvalue weighted by Crippen LogP contribution is -2.17. The van der Waals surface area contributed by atoms with Gasteiger partial charge >= 0.3 is 0 Å². The highest BCUT2D eigenvalue weighted by atomic mass is 79.9. The fourth-order valence-electron chi connectivity index (χ4n) is 1.51. The first-order valence-corrected chi connectivity index (χ1v) is 7.50. The number of carbonyl (C=O) groups is 1. The number of carbonyl (C=O) groups excluding carboxylic acids is 1. The summed E-state index contributed by atoms with van der Waals surface area (Å²) in [6, 6.07) is 13.1. The van der Waals surface area contributed by atoms with Gasteiger partial charge in [0.2, 0.25) is 0 Å². The normalized spacial score (nSPS) is 10.8. The maximum atomic E-state index is 11.9. The van der Waals surface area contributed by atoms with E-state index in [9.17, 15) is 4.79 Å². The van der Waals surface area contributed by atoms with Crippen LogP contribution in [-0.4, -0.2) is 12.1 Å². The Kier molecular flexibility index (Phi) is 5.09. The van der Waals surface area contributed by atoms with Crippen LogP contribution < -0.4 is 5.43 Å². The lowest BCUT2D eigenvalue weighted by atomic mass is 10.1. The highest BCUT2D eigenvalue weighted by Crippen LogP contribution is 2.17. The fourth-order valence-corrected chi connectivity index (χ4v) is 2.16. The van der Waals surface area contributed by atoms with Crippen LogP contribution in [0.1, 0.15) is 21.5 Å². The zero-order valence-corrected chi connectivity index (χ0v) is 13.9. The summed E-state index contributed by atoms with van der Waals surface area (Å²) in [6.45, 7) is 1.97. The minimum absolute atomic E-state index is 0.237. The van der Waals surface area contributed by atoms with Crippen LogP contribution >= 0.6 is 31.9 Å². The molecule has 0 unspecified atom stereocenters. The van der Waals surface area contributed by atoms with E-state index in [4.69, 9.17) is 0 Å². The van der Waals surface area contributed by atoms with Gasteiger partial charge in [-0.1, -0.05) is 50.1 Å². The molecular weight excluding hydrogens is 384 g/mol. The number of nitrogens with zero attached hydrogens (tertiary/aromatic N) is 1. The predicted octanol–water partition coefficient (Wildman–Crippen LogP) is 4.28. The molecule has 1 amide bonds. The van der Waals surface area contributed by atoms with Gasteiger partial charge in [-0.05, 0) is 42.3 Å². The summed E-state index contributed by atoms with van der Waals surface area (Å²) in [6.07, 6.45) is 1.60. The standard InChI is InChI=1S/C15H12Br2N2O/c1-10-2-5-12(8-14(10)17)15(20)19-18-9-11-3-6-13(16)7-4-11/h2-9H,1H3,(H,19,20). The molecule has 0 atom stereocenters. The van der Waals surface area contributed by atoms with Gasteiger partial charge in [0.25, 0.3) is 5.91 Å². The van der Waals surface area contributed by atoms with Gasteiger partial charge in [-0.15, -0.1) is 0 Å². The molecule has 5 heteroatoms. The molecule has 0 bridgehead atoms. The van der Waals surface area contributed by atoms with Crippen LogP contribution in [0.15, 0.2) is 56.5 Å². The lowest BCUT2D eigenvalue weighted by Gasteiger charge is -2.02. The minimum atomic E-state index is -0.237. The number of halogens is 2. The van der Waals surface area contributed by atoms with E-state index in [0.717, 1.165) is 20.1 Å². The summed E-state index contributed by atoms with van der Waals surface area (Å²) in [4.78, 5) is 11.9. The maximum absolute atomic E-state index is 11.9. The van der Waals surface area contributed by atoms with Crippen LogP contribution in [0.2, 0.25) is 0 Å². The number of rotatable bonds is 3. The molecule has 0 spiro atoms. The molecule has 2 aromatic rings. The van der Waals surface area contributed by atoms with Crippen LogP contribution in [0.4, 0.5) is 0 Å². The third-order valence-electron chi connectivity index (χ3n) is 2.68. The first-order valence-electron chi connectivity index (χ1n) is 5.91. The molecule has 0 aliphatic rings. The molecule has 0 saturated carbocycles. The molecule has 0 fully saturated rings. The summed E-state index contributed by atoms with van der Waals surface area (Å²) in [5, 5.41) is 3.94. The van der Waals surface area contributed by atoms with Crippen molar-refractivity contribution in [3.05, 3.63) is 68.1 Å². The van der Waals surface area contributed by atoms with E-state index in [-0.39, 0.29) is 5.91 Å². The van der Waals surface area contributed by atoms with Gasteiger partial charge in [0, 0.05) is 14.5 Å². The molecule has 0 saturated heterocycles. The Morgan fingerprint density at radius 2 is 1.85 bits per heavy atom. The van der Waals surface area contributed by atoms with E-state index in [1.807, 2.05) is 37.3 Å². The predicted molar refractivity (Wildman–Crippen MR) is 88.1 cm³/mol. The number of aryl methyl sites for hydroxylation is 1. The average molecular weight is 396 g/mol. The maximum Gasteiger partial charge on any atom is 0.271 e. The second kappa shape index (κ2) is 6.81. The monoisotopic (exact) mass is 394 g/mol. The molecule has 3 nitrogen and oxygen atoms in total. The molecule has 2 aromatic carbocycles. The minimum Gasteiger partial charge on any atom is -0.267 e. The molecule has 0 aliphatic heterocycles. The summed E-state index contributed by atoms with van der Waals surface area (Å²) in [5.74, 6) is -0.237. The van der Waals surface area contributed by atoms with Crippen molar-refractivity contribution in [3.63, 3.8) is 0 Å². The van der Waals surface area contributed by atoms with Crippen LogP contribution in [0.5, 0.6) is 0 Å². The number of amides is 1. The first-order chi connectivity index (χ1) is 9.56. The Hall–Kier alpha value is -1.46. The smallest absolute Gasteiger partial charge is 0.267 e. The van der Waals surface area contributed by atoms with Gasteiger partial charge in [0.05, 0.1) is 6.21 Å². The summed E-state index contributed by atoms with van der Waals surface area (Å²) < 4.78 is 1.91. The van der Waals surface area contributed by atoms with Crippen LogP contribution in [0, 0.1) is 6.92 Å². The number of benzene rings is 2. The van der Waals surface area contributed by atoms with Crippen molar-refractivity contribution in [1.82, 2.24) is 5.43 Å². The molecule has 0 radical (unpaired) electrons. The van der Waals surface area contributed by atoms with Gasteiger partial charge in [-0.25, -0.2) is 5.43 Å². The Bertz CT molecular complexity index is 651. The van der Waals surface area contributed by atoms with Crippen LogP contribution in [0.25, 0.3) is 0 Å². The topological polar surface area (TPSA) is 41.5 Å². The van der Waals surface area contributed by atoms with Gasteiger partial charge in [-0.3, -0.25) is 4.79 Å². The second-order valence-electron chi connectivity index (χ2n) is 4.21. The van der Waals surface area contributed by atoms with Crippen LogP contribution in [0.3, 0.4) is 0 Å². The molecule has 0 heterocycles. The van der Waals surface area contributed by atoms with E-state index < -0.39 is 0 Å². The molecule has 102 valence electrons. The van der Waals surface area contributed by atoms with Crippen LogP contribution in [-0.2, 0) is 0 Å². The fraction of sp³-hybridized carbons (Fsp3) is 0.0667. The molecule has 0 aliphatic carbocycles. The first kappa shape index (κ1) is 14.9. The molecule has 2 rings (SSSR count). The molecule has 1 N–H and O–H groups in total. The van der Waals surface area contributed by atoms with Crippen molar-refractivity contribution in [2.45, 2.75) is 6.92 Å². The Morgan fingerprint density at radius 3 is 2.50 bits per heavy atom. The average Bonchev–Trinajstić information content (AvgIpc) is 2.44. The Morgan fingerprint density at radius 1 is 1.15 bits per heavy atom. The highest BCUT2D eigenvalue weighted by Gasteiger charge is 2.05. The van der Waals surface area contributed by atoms with E-state index in [1.165, 1.54) is 0 Å². The quantitative estimate of drug-likeness (QED) is 0.611. The van der Waals surface area contributed by atoms with Crippen molar-refractivity contribution in [2.24, 2.45) is 5.10 Å². The molecular formula is C15H12Br2N2O. The summed E-state index contributed by atoms with van der Waals surface area (Å²) in [7, 11) is 0. The van der Waals surface area contributed by atoms with Crippen molar-refractivity contribution in [1.29, 1.82) is 0 Å². The third kappa shape index (κ3) is 4.02. The Balaban J connectivity index is 2.01. The van der Waals surface area contributed by atoms with E-state index in [0.29, 0.717) is 5.56 Å². The number of hydrogen-bond acceptors (Lipinski definition) is 2. The van der Waals surface area contributed by atoms with E-state index in [1.54, 1.807) is 18.3 Å². The lowest BCUT2D eigenvalue weighted by molar-refractivity contribution is 0.0955. The van der Waals surface area contributed by atoms with Gasteiger partial charge in [0.1, 0.15) is 0 Å². The third-order valence-corrected chi connectivity index (χ3v) is 4.07. The van der Waals surface area contributed by atoms with E-state index in [2.05, 4.69) is 42.4 Å². The number of hydrogen-bond donors (Lipinski definition) is 1. The van der Waals surface area contributed by atoms with Gasteiger partial charge in [-0.2, -0.15) is 5.10 Å². The zero-order chi connectivity index (χ0) is 14.5. The second-order valence-corrected chi connectivity index (χ2v) is 5.98. The summed E-state index contributed by atoms with van der Waals surface area (Å²) >= 11 is 6.76. The van der Waals surface area contributed by atoms with Gasteiger partial charge < -0.3 is 0 Å². The largest absolute Gasteiger partial charge is 0.271 e. The number of nitrogens with one attached hydrogen (secondary N) is 1. The molecule has 20 heavy (non-hydrogen) atoms.